The SMILES string of the molecule is COC1CN(c2ccc([C@@H](C)O)cc2F)CCC1C. The minimum Gasteiger partial charge on any atom is -0.389 e. The van der Waals surface area contributed by atoms with Crippen LogP contribution in [-0.4, -0.2) is 31.4 Å². The van der Waals surface area contributed by atoms with Gasteiger partial charge >= 0.3 is 0 Å². The average Bonchev–Trinajstić information content (AvgIpc) is 2.39. The van der Waals surface area contributed by atoms with Crippen LogP contribution in [0.25, 0.3) is 0 Å². The Hall–Kier alpha value is -1.13. The van der Waals surface area contributed by atoms with E-state index >= 15 is 0 Å². The van der Waals surface area contributed by atoms with Crippen LogP contribution in [0, 0.1) is 11.7 Å². The second-order valence-electron chi connectivity index (χ2n) is 5.37. The molecule has 19 heavy (non-hydrogen) atoms. The van der Waals surface area contributed by atoms with Crippen molar-refractivity contribution in [1.82, 2.24) is 0 Å². The largest absolute Gasteiger partial charge is 0.389 e. The highest BCUT2D eigenvalue weighted by Crippen LogP contribution is 2.28. The van der Waals surface area contributed by atoms with Gasteiger partial charge in [-0.25, -0.2) is 4.39 Å². The van der Waals surface area contributed by atoms with Gasteiger partial charge in [-0.3, -0.25) is 0 Å². The first-order valence-corrected chi connectivity index (χ1v) is 6.78. The van der Waals surface area contributed by atoms with Gasteiger partial charge < -0.3 is 14.7 Å². The Morgan fingerprint density at radius 1 is 1.47 bits per heavy atom. The van der Waals surface area contributed by atoms with Gasteiger partial charge in [0.25, 0.3) is 0 Å². The zero-order valence-corrected chi connectivity index (χ0v) is 11.8. The summed E-state index contributed by atoms with van der Waals surface area (Å²) < 4.78 is 19.6. The summed E-state index contributed by atoms with van der Waals surface area (Å²) in [6.07, 6.45) is 0.497. The van der Waals surface area contributed by atoms with E-state index in [2.05, 4.69) is 6.92 Å². The van der Waals surface area contributed by atoms with E-state index in [0.717, 1.165) is 13.0 Å². The first-order chi connectivity index (χ1) is 9.02. The summed E-state index contributed by atoms with van der Waals surface area (Å²) in [5.74, 6) is 0.226. The van der Waals surface area contributed by atoms with Gasteiger partial charge in [0.1, 0.15) is 5.82 Å². The van der Waals surface area contributed by atoms with Gasteiger partial charge in [0.2, 0.25) is 0 Å². The van der Waals surface area contributed by atoms with Crippen LogP contribution in [-0.2, 0) is 4.74 Å². The molecule has 4 heteroatoms. The van der Waals surface area contributed by atoms with Crippen LogP contribution >= 0.6 is 0 Å². The quantitative estimate of drug-likeness (QED) is 0.914. The number of halogens is 1. The number of aliphatic hydroxyl groups is 1. The summed E-state index contributed by atoms with van der Waals surface area (Å²) in [5.41, 5.74) is 1.20. The molecule has 2 unspecified atom stereocenters. The summed E-state index contributed by atoms with van der Waals surface area (Å²) >= 11 is 0. The lowest BCUT2D eigenvalue weighted by Crippen LogP contribution is -2.44. The Morgan fingerprint density at radius 2 is 2.21 bits per heavy atom. The molecule has 0 aliphatic carbocycles. The molecule has 0 bridgehead atoms. The van der Waals surface area contributed by atoms with E-state index in [4.69, 9.17) is 4.74 Å². The molecule has 1 aromatic rings. The zero-order valence-electron chi connectivity index (χ0n) is 11.8. The summed E-state index contributed by atoms with van der Waals surface area (Å²) in [5, 5.41) is 9.46. The van der Waals surface area contributed by atoms with Crippen molar-refractivity contribution in [1.29, 1.82) is 0 Å². The molecule has 0 spiro atoms. The van der Waals surface area contributed by atoms with E-state index in [0.29, 0.717) is 23.7 Å². The van der Waals surface area contributed by atoms with Crippen molar-refractivity contribution < 1.29 is 14.2 Å². The summed E-state index contributed by atoms with van der Waals surface area (Å²) in [4.78, 5) is 2.02. The Bertz CT molecular complexity index is 436. The minimum atomic E-state index is -0.642. The minimum absolute atomic E-state index is 0.143. The molecule has 3 atom stereocenters. The molecule has 1 N–H and O–H groups in total. The molecular weight excluding hydrogens is 245 g/mol. The molecule has 1 heterocycles. The summed E-state index contributed by atoms with van der Waals surface area (Å²) in [6.45, 7) is 5.35. The van der Waals surface area contributed by atoms with Crippen molar-refractivity contribution in [3.63, 3.8) is 0 Å². The molecule has 1 saturated heterocycles. The van der Waals surface area contributed by atoms with Gasteiger partial charge in [-0.2, -0.15) is 0 Å². The van der Waals surface area contributed by atoms with Crippen LogP contribution in [0.2, 0.25) is 0 Å². The number of anilines is 1. The third kappa shape index (κ3) is 3.07. The van der Waals surface area contributed by atoms with Crippen molar-refractivity contribution >= 4 is 5.69 Å². The predicted molar refractivity (Wildman–Crippen MR) is 73.8 cm³/mol. The molecule has 106 valence electrons. The highest BCUT2D eigenvalue weighted by Gasteiger charge is 2.27. The number of piperidine rings is 1. The van der Waals surface area contributed by atoms with Crippen molar-refractivity contribution in [3.05, 3.63) is 29.6 Å². The van der Waals surface area contributed by atoms with Crippen LogP contribution in [0.15, 0.2) is 18.2 Å². The normalized spacial score (nSPS) is 25.4. The van der Waals surface area contributed by atoms with Gasteiger partial charge in [0.05, 0.1) is 17.9 Å². The number of rotatable bonds is 3. The van der Waals surface area contributed by atoms with Crippen LogP contribution in [0.1, 0.15) is 31.9 Å². The van der Waals surface area contributed by atoms with Crippen molar-refractivity contribution in [3.8, 4) is 0 Å². The van der Waals surface area contributed by atoms with Gasteiger partial charge in [-0.15, -0.1) is 0 Å². The van der Waals surface area contributed by atoms with Crippen molar-refractivity contribution in [2.24, 2.45) is 5.92 Å². The lowest BCUT2D eigenvalue weighted by molar-refractivity contribution is 0.0497. The molecule has 0 radical (unpaired) electrons. The molecule has 1 aliphatic rings. The van der Waals surface area contributed by atoms with Gasteiger partial charge in [-0.1, -0.05) is 13.0 Å². The zero-order chi connectivity index (χ0) is 14.0. The number of methoxy groups -OCH3 is 1. The Kier molecular flexibility index (Phi) is 4.42. The second-order valence-corrected chi connectivity index (χ2v) is 5.37. The smallest absolute Gasteiger partial charge is 0.146 e. The maximum Gasteiger partial charge on any atom is 0.146 e. The van der Waals surface area contributed by atoms with Crippen molar-refractivity contribution in [2.75, 3.05) is 25.1 Å². The van der Waals surface area contributed by atoms with E-state index < -0.39 is 6.10 Å². The molecular formula is C15H22FNO2. The average molecular weight is 267 g/mol. The Morgan fingerprint density at radius 3 is 2.79 bits per heavy atom. The second kappa shape index (κ2) is 5.88. The number of hydrogen-bond acceptors (Lipinski definition) is 3. The van der Waals surface area contributed by atoms with E-state index in [-0.39, 0.29) is 11.9 Å². The number of benzene rings is 1. The maximum atomic E-state index is 14.1. The van der Waals surface area contributed by atoms with Crippen molar-refractivity contribution in [2.45, 2.75) is 32.5 Å². The van der Waals surface area contributed by atoms with Gasteiger partial charge in [0, 0.05) is 20.2 Å². The van der Waals surface area contributed by atoms with E-state index in [1.807, 2.05) is 4.90 Å². The highest BCUT2D eigenvalue weighted by atomic mass is 19.1. The Balaban J connectivity index is 2.18. The standard InChI is InChI=1S/C15H22FNO2/c1-10-6-7-17(9-15(10)19-3)14-5-4-12(11(2)18)8-13(14)16/h4-5,8,10-11,15,18H,6-7,9H2,1-3H3/t10?,11-,15?/m1/s1. The summed E-state index contributed by atoms with van der Waals surface area (Å²) in [6, 6.07) is 4.95. The molecule has 2 rings (SSSR count). The molecule has 1 aliphatic heterocycles. The third-order valence-electron chi connectivity index (χ3n) is 3.99. The van der Waals surface area contributed by atoms with Crippen LogP contribution in [0.4, 0.5) is 10.1 Å². The first kappa shape index (κ1) is 14.3. The fourth-order valence-corrected chi connectivity index (χ4v) is 2.60. The lowest BCUT2D eigenvalue weighted by Gasteiger charge is -2.37. The van der Waals surface area contributed by atoms with E-state index in [9.17, 15) is 9.50 Å². The lowest BCUT2D eigenvalue weighted by atomic mass is 9.95. The van der Waals surface area contributed by atoms with Crippen LogP contribution in [0.5, 0.6) is 0 Å². The highest BCUT2D eigenvalue weighted by molar-refractivity contribution is 5.50. The first-order valence-electron chi connectivity index (χ1n) is 6.78. The molecule has 1 fully saturated rings. The van der Waals surface area contributed by atoms with Crippen LogP contribution in [0.3, 0.4) is 0 Å². The fourth-order valence-electron chi connectivity index (χ4n) is 2.60. The Labute approximate surface area is 114 Å². The molecule has 0 amide bonds. The van der Waals surface area contributed by atoms with E-state index in [1.54, 1.807) is 26.2 Å². The van der Waals surface area contributed by atoms with Crippen LogP contribution < -0.4 is 4.90 Å². The predicted octanol–water partition coefficient (Wildman–Crippen LogP) is 2.74. The number of hydrogen-bond donors (Lipinski definition) is 1. The molecule has 0 saturated carbocycles. The maximum absolute atomic E-state index is 14.1. The molecule has 1 aromatic carbocycles. The monoisotopic (exact) mass is 267 g/mol. The number of ether oxygens (including phenoxy) is 1. The van der Waals surface area contributed by atoms with Gasteiger partial charge in [0.15, 0.2) is 0 Å². The summed E-state index contributed by atoms with van der Waals surface area (Å²) in [7, 11) is 1.71. The van der Waals surface area contributed by atoms with E-state index in [1.165, 1.54) is 6.07 Å². The number of nitrogens with zero attached hydrogens (tertiary/aromatic N) is 1. The molecule has 0 aromatic heterocycles. The third-order valence-corrected chi connectivity index (χ3v) is 3.99. The number of aliphatic hydroxyl groups excluding tert-OH is 1. The topological polar surface area (TPSA) is 32.7 Å². The molecule has 3 nitrogen and oxygen atoms in total. The van der Waals surface area contributed by atoms with Gasteiger partial charge in [-0.05, 0) is 37.0 Å². The fraction of sp³-hybridized carbons (Fsp3) is 0.600.